The molecule has 0 aromatic rings. The molecule has 1 aliphatic rings. The first-order valence-corrected chi connectivity index (χ1v) is 20.5. The van der Waals surface area contributed by atoms with E-state index in [1.807, 2.05) is 60.5 Å². The topological polar surface area (TPSA) is 146 Å². The van der Waals surface area contributed by atoms with E-state index in [2.05, 4.69) is 13.8 Å². The van der Waals surface area contributed by atoms with Crippen LogP contribution < -0.4 is 0 Å². The van der Waals surface area contributed by atoms with Gasteiger partial charge >= 0.3 is 5.97 Å². The van der Waals surface area contributed by atoms with E-state index in [1.54, 1.807) is 49.9 Å². The van der Waals surface area contributed by atoms with Crippen molar-refractivity contribution in [2.45, 2.75) is 150 Å². The third-order valence-corrected chi connectivity index (χ3v) is 12.4. The third kappa shape index (κ3) is 13.2. The van der Waals surface area contributed by atoms with Crippen molar-refractivity contribution in [1.29, 1.82) is 0 Å². The molecule has 13 heteroatoms. The second kappa shape index (κ2) is 23.6. The number of likely N-dealkylation sites (tertiary alicyclic amines) is 1. The van der Waals surface area contributed by atoms with Gasteiger partial charge in [-0.3, -0.25) is 28.9 Å². The largest absolute Gasteiger partial charge is 0.481 e. The van der Waals surface area contributed by atoms with Gasteiger partial charge in [0.1, 0.15) is 0 Å². The van der Waals surface area contributed by atoms with Crippen LogP contribution in [-0.4, -0.2) is 153 Å². The van der Waals surface area contributed by atoms with Crippen LogP contribution in [0.5, 0.6) is 0 Å². The van der Waals surface area contributed by atoms with Gasteiger partial charge in [-0.15, -0.1) is 0 Å². The lowest BCUT2D eigenvalue weighted by atomic mass is 9.83. The van der Waals surface area contributed by atoms with E-state index in [4.69, 9.17) is 14.2 Å². The highest BCUT2D eigenvalue weighted by Gasteiger charge is 2.45. The summed E-state index contributed by atoms with van der Waals surface area (Å²) in [6.07, 6.45) is 0.864. The Balaban J connectivity index is 3.38. The molecular weight excluding hydrogens is 704 g/mol. The number of aliphatic carboxylic acids is 1. The lowest BCUT2D eigenvalue weighted by molar-refractivity contribution is -0.153. The fourth-order valence-electron chi connectivity index (χ4n) is 8.98. The number of Topliss-reactive ketones (excluding diaryl/α,β-unsaturated/α-hetero) is 1. The molecular formula is C42H78N4O9. The maximum atomic E-state index is 14.3. The van der Waals surface area contributed by atoms with Gasteiger partial charge in [-0.1, -0.05) is 75.2 Å². The van der Waals surface area contributed by atoms with Crippen LogP contribution >= 0.6 is 0 Å². The predicted octanol–water partition coefficient (Wildman–Crippen LogP) is 5.09. The maximum absolute atomic E-state index is 14.3. The number of ketones is 1. The van der Waals surface area contributed by atoms with Crippen molar-refractivity contribution in [3.63, 3.8) is 0 Å². The number of likely N-dealkylation sites (N-methyl/N-ethyl adjacent to an activating group) is 3. The first-order chi connectivity index (χ1) is 25.7. The molecule has 0 aromatic carbocycles. The van der Waals surface area contributed by atoms with Crippen molar-refractivity contribution < 1.29 is 43.3 Å². The minimum absolute atomic E-state index is 0.00908. The Morgan fingerprint density at radius 1 is 0.709 bits per heavy atom. The zero-order valence-corrected chi connectivity index (χ0v) is 37.2. The molecule has 3 amide bonds. The van der Waals surface area contributed by atoms with Gasteiger partial charge in [-0.25, -0.2) is 0 Å². The molecule has 0 saturated carbocycles. The van der Waals surface area contributed by atoms with Gasteiger partial charge in [-0.05, 0) is 50.6 Å². The molecule has 13 nitrogen and oxygen atoms in total. The number of carboxylic acids is 1. The predicted molar refractivity (Wildman–Crippen MR) is 215 cm³/mol. The van der Waals surface area contributed by atoms with Gasteiger partial charge in [0.25, 0.3) is 0 Å². The normalized spacial score (nSPS) is 20.3. The Morgan fingerprint density at radius 2 is 1.20 bits per heavy atom. The summed E-state index contributed by atoms with van der Waals surface area (Å²) in [5.74, 6) is -2.62. The number of nitrogens with zero attached hydrogens (tertiary/aromatic N) is 4. The van der Waals surface area contributed by atoms with Crippen LogP contribution in [0.3, 0.4) is 0 Å². The van der Waals surface area contributed by atoms with Crippen LogP contribution in [0.1, 0.15) is 107 Å². The number of methoxy groups -OCH3 is 3. The van der Waals surface area contributed by atoms with Crippen LogP contribution in [0.4, 0.5) is 0 Å². The Labute approximate surface area is 333 Å². The van der Waals surface area contributed by atoms with E-state index >= 15 is 0 Å². The van der Waals surface area contributed by atoms with E-state index in [0.29, 0.717) is 13.0 Å². The molecule has 0 aromatic heterocycles. The first kappa shape index (κ1) is 50.4. The summed E-state index contributed by atoms with van der Waals surface area (Å²) in [4.78, 5) is 75.1. The average molecular weight is 783 g/mol. The number of hydrogen-bond acceptors (Lipinski definition) is 9. The van der Waals surface area contributed by atoms with Gasteiger partial charge in [0, 0.05) is 54.3 Å². The van der Waals surface area contributed by atoms with Gasteiger partial charge < -0.3 is 34.0 Å². The van der Waals surface area contributed by atoms with Crippen LogP contribution in [0.2, 0.25) is 0 Å². The number of carboxylic acid groups (broad SMARTS) is 1. The number of carbonyl (C=O) groups is 5. The molecule has 1 aliphatic heterocycles. The summed E-state index contributed by atoms with van der Waals surface area (Å²) in [5.41, 5.74) is 0. The standard InChI is InChI=1S/C42H78N4O9/c1-17-27(7)38(45(13)42(52)30(25(3)4)22-32(47)37(26(5)6)43(10)11)33(53-14)23-35(48)46-21-19-20-31(46)40(55-16)29(9)41(51)44(12)39(28(8)18-2)34(54-15)24-36(49)50/h25-31,33-34,37-40H,17-24H2,1-16H3,(H,49,50)/t27-,28-,29+,30-,31-,33+,34+,37-,38-,39-,40+/m0/s1. The van der Waals surface area contributed by atoms with Crippen molar-refractivity contribution in [2.24, 2.45) is 35.5 Å². The lowest BCUT2D eigenvalue weighted by Gasteiger charge is -2.42. The highest BCUT2D eigenvalue weighted by Crippen LogP contribution is 2.32. The third-order valence-electron chi connectivity index (χ3n) is 12.4. The molecule has 0 aliphatic carbocycles. The number of hydrogen-bond donors (Lipinski definition) is 1. The number of rotatable bonds is 25. The first-order valence-electron chi connectivity index (χ1n) is 20.5. The summed E-state index contributed by atoms with van der Waals surface area (Å²) in [6, 6.07) is -1.57. The van der Waals surface area contributed by atoms with E-state index in [1.165, 1.54) is 7.11 Å². The summed E-state index contributed by atoms with van der Waals surface area (Å²) in [6.45, 7) is 18.4. The van der Waals surface area contributed by atoms with Crippen molar-refractivity contribution in [1.82, 2.24) is 19.6 Å². The smallest absolute Gasteiger partial charge is 0.306 e. The average Bonchev–Trinajstić information content (AvgIpc) is 3.61. The summed E-state index contributed by atoms with van der Waals surface area (Å²) in [7, 11) is 11.8. The lowest BCUT2D eigenvalue weighted by Crippen LogP contribution is -2.56. The quantitative estimate of drug-likeness (QED) is 0.133. The van der Waals surface area contributed by atoms with E-state index in [0.717, 1.165) is 19.3 Å². The Hall–Kier alpha value is -2.61. The molecule has 11 atom stereocenters. The molecule has 0 radical (unpaired) electrons. The summed E-state index contributed by atoms with van der Waals surface area (Å²) >= 11 is 0. The van der Waals surface area contributed by atoms with Crippen molar-refractivity contribution in [2.75, 3.05) is 56.1 Å². The van der Waals surface area contributed by atoms with Crippen LogP contribution in [-0.2, 0) is 38.2 Å². The Morgan fingerprint density at radius 3 is 1.60 bits per heavy atom. The molecule has 320 valence electrons. The maximum Gasteiger partial charge on any atom is 0.306 e. The number of carbonyl (C=O) groups excluding carboxylic acids is 4. The molecule has 1 N–H and O–H groups in total. The SMILES string of the molecule is CC[C@H](C)[C@@H]([C@@H](CC(=O)N1CCC[C@H]1[C@H](OC)[C@@H](C)C(=O)N(C)[C@@H]([C@@H](C)CC)[C@@H](CC(=O)O)OC)OC)N(C)C(=O)[C@@H](CC(=O)[C@H](C(C)C)N(C)C)C(C)C. The second-order valence-electron chi connectivity index (χ2n) is 17.0. The number of amides is 3. The Bertz CT molecular complexity index is 1220. The van der Waals surface area contributed by atoms with Crippen LogP contribution in [0.25, 0.3) is 0 Å². The Kier molecular flexibility index (Phi) is 21.6. The molecule has 0 unspecified atom stereocenters. The molecule has 1 rings (SSSR count). The molecule has 1 saturated heterocycles. The molecule has 1 heterocycles. The van der Waals surface area contributed by atoms with Gasteiger partial charge in [0.2, 0.25) is 17.7 Å². The summed E-state index contributed by atoms with van der Waals surface area (Å²) < 4.78 is 17.7. The minimum atomic E-state index is -1.00. The molecule has 0 bridgehead atoms. The molecule has 1 fully saturated rings. The van der Waals surface area contributed by atoms with Crippen molar-refractivity contribution in [3.05, 3.63) is 0 Å². The molecule has 55 heavy (non-hydrogen) atoms. The van der Waals surface area contributed by atoms with Crippen molar-refractivity contribution in [3.8, 4) is 0 Å². The fourth-order valence-corrected chi connectivity index (χ4v) is 8.98. The van der Waals surface area contributed by atoms with Gasteiger partial charge in [0.15, 0.2) is 5.78 Å². The van der Waals surface area contributed by atoms with Gasteiger partial charge in [0.05, 0.1) is 61.2 Å². The molecule has 0 spiro atoms. The summed E-state index contributed by atoms with van der Waals surface area (Å²) in [5, 5.41) is 9.56. The zero-order chi connectivity index (χ0) is 42.5. The van der Waals surface area contributed by atoms with E-state index < -0.39 is 48.2 Å². The van der Waals surface area contributed by atoms with Crippen LogP contribution in [0.15, 0.2) is 0 Å². The highest BCUT2D eigenvalue weighted by molar-refractivity contribution is 5.90. The van der Waals surface area contributed by atoms with E-state index in [9.17, 15) is 29.1 Å². The second-order valence-corrected chi connectivity index (χ2v) is 17.0. The fraction of sp³-hybridized carbons (Fsp3) is 0.881. The van der Waals surface area contributed by atoms with Crippen molar-refractivity contribution >= 4 is 29.5 Å². The van der Waals surface area contributed by atoms with Gasteiger partial charge in [-0.2, -0.15) is 0 Å². The number of ether oxygens (including phenoxy) is 3. The van der Waals surface area contributed by atoms with E-state index in [-0.39, 0.29) is 78.5 Å². The highest BCUT2D eigenvalue weighted by atomic mass is 16.5. The monoisotopic (exact) mass is 783 g/mol. The van der Waals surface area contributed by atoms with Crippen LogP contribution in [0, 0.1) is 35.5 Å². The minimum Gasteiger partial charge on any atom is -0.481 e. The zero-order valence-electron chi connectivity index (χ0n) is 37.2.